The van der Waals surface area contributed by atoms with Crippen molar-refractivity contribution in [2.24, 2.45) is 4.99 Å². The van der Waals surface area contributed by atoms with Gasteiger partial charge in [-0.3, -0.25) is 9.69 Å². The highest BCUT2D eigenvalue weighted by Crippen LogP contribution is 2.40. The molecule has 156 valence electrons. The summed E-state index contributed by atoms with van der Waals surface area (Å²) in [5, 5.41) is 11.3. The van der Waals surface area contributed by atoms with Gasteiger partial charge >= 0.3 is 0 Å². The van der Waals surface area contributed by atoms with Crippen LogP contribution in [0.2, 0.25) is 0 Å². The summed E-state index contributed by atoms with van der Waals surface area (Å²) in [4.78, 5) is 29.9. The van der Waals surface area contributed by atoms with Crippen LogP contribution in [0.15, 0.2) is 46.3 Å². The summed E-state index contributed by atoms with van der Waals surface area (Å²) in [6.45, 7) is 0. The number of nitrogens with zero attached hydrogens (tertiary/aromatic N) is 2. The first kappa shape index (κ1) is 21.3. The van der Waals surface area contributed by atoms with Crippen molar-refractivity contribution in [3.63, 3.8) is 0 Å². The maximum Gasteiger partial charge on any atom is 0.266 e. The molecular formula is C21H19N2O6S-. The molecule has 0 spiro atoms. The number of methoxy groups -OCH3 is 3. The Balaban J connectivity index is 1.92. The molecule has 0 aromatic heterocycles. The van der Waals surface area contributed by atoms with Crippen LogP contribution in [-0.4, -0.2) is 50.3 Å². The molecule has 1 fully saturated rings. The van der Waals surface area contributed by atoms with E-state index in [1.54, 1.807) is 37.4 Å². The minimum Gasteiger partial charge on any atom is -0.545 e. The Kier molecular flexibility index (Phi) is 6.31. The number of aromatic carboxylic acids is 1. The van der Waals surface area contributed by atoms with Gasteiger partial charge in [0.25, 0.3) is 5.91 Å². The Morgan fingerprint density at radius 2 is 1.67 bits per heavy atom. The molecule has 0 aliphatic carbocycles. The summed E-state index contributed by atoms with van der Waals surface area (Å²) in [6, 6.07) is 9.41. The van der Waals surface area contributed by atoms with Crippen LogP contribution in [0.4, 0.5) is 5.69 Å². The fraction of sp³-hybridized carbons (Fsp3) is 0.190. The van der Waals surface area contributed by atoms with Crippen LogP contribution < -0.4 is 19.3 Å². The molecule has 0 N–H and O–H groups in total. The average molecular weight is 427 g/mol. The average Bonchev–Trinajstić information content (AvgIpc) is 3.01. The highest BCUT2D eigenvalue weighted by Gasteiger charge is 2.30. The van der Waals surface area contributed by atoms with E-state index in [1.807, 2.05) is 0 Å². The van der Waals surface area contributed by atoms with Gasteiger partial charge in [0.1, 0.15) is 0 Å². The van der Waals surface area contributed by atoms with Crippen molar-refractivity contribution in [2.45, 2.75) is 0 Å². The Morgan fingerprint density at radius 3 is 2.17 bits per heavy atom. The first-order valence-electron chi connectivity index (χ1n) is 8.75. The van der Waals surface area contributed by atoms with Gasteiger partial charge in [-0.1, -0.05) is 12.1 Å². The van der Waals surface area contributed by atoms with Crippen molar-refractivity contribution in [3.8, 4) is 17.2 Å². The fourth-order valence-electron chi connectivity index (χ4n) is 2.77. The second-order valence-electron chi connectivity index (χ2n) is 6.16. The Morgan fingerprint density at radius 1 is 1.07 bits per heavy atom. The highest BCUT2D eigenvalue weighted by atomic mass is 32.2. The molecule has 0 saturated carbocycles. The normalized spacial score (nSPS) is 16.3. The topological polar surface area (TPSA) is 100 Å². The number of thioether (sulfide) groups is 1. The van der Waals surface area contributed by atoms with Crippen LogP contribution in [0.25, 0.3) is 6.08 Å². The summed E-state index contributed by atoms with van der Waals surface area (Å²) < 4.78 is 16.0. The van der Waals surface area contributed by atoms with Gasteiger partial charge in [0, 0.05) is 7.05 Å². The molecule has 3 rings (SSSR count). The van der Waals surface area contributed by atoms with Gasteiger partial charge in [-0.15, -0.1) is 0 Å². The first-order valence-corrected chi connectivity index (χ1v) is 9.57. The lowest BCUT2D eigenvalue weighted by Crippen LogP contribution is -2.23. The van der Waals surface area contributed by atoms with Crippen molar-refractivity contribution >= 4 is 40.6 Å². The van der Waals surface area contributed by atoms with Crippen molar-refractivity contribution < 1.29 is 28.9 Å². The summed E-state index contributed by atoms with van der Waals surface area (Å²) in [5.74, 6) is -0.0399. The van der Waals surface area contributed by atoms with Crippen LogP contribution >= 0.6 is 11.8 Å². The smallest absolute Gasteiger partial charge is 0.266 e. The molecule has 2 aromatic rings. The van der Waals surface area contributed by atoms with Crippen molar-refractivity contribution in [1.82, 2.24) is 4.90 Å². The molecule has 8 nitrogen and oxygen atoms in total. The van der Waals surface area contributed by atoms with E-state index in [1.165, 1.54) is 50.1 Å². The van der Waals surface area contributed by atoms with E-state index in [2.05, 4.69) is 4.99 Å². The van der Waals surface area contributed by atoms with Crippen molar-refractivity contribution in [1.29, 1.82) is 0 Å². The number of carbonyl (C=O) groups excluding carboxylic acids is 2. The van der Waals surface area contributed by atoms with Crippen LogP contribution in [0.3, 0.4) is 0 Å². The lowest BCUT2D eigenvalue weighted by Gasteiger charge is -2.13. The number of hydrogen-bond acceptors (Lipinski definition) is 8. The maximum absolute atomic E-state index is 12.7. The number of rotatable bonds is 6. The van der Waals surface area contributed by atoms with Gasteiger partial charge in [0.2, 0.25) is 5.75 Å². The number of likely N-dealkylation sites (N-methyl/N-ethyl adjacent to an activating group) is 1. The molecule has 1 aliphatic rings. The van der Waals surface area contributed by atoms with Crippen LogP contribution in [-0.2, 0) is 4.79 Å². The number of amides is 1. The summed E-state index contributed by atoms with van der Waals surface area (Å²) >= 11 is 1.21. The fourth-order valence-corrected chi connectivity index (χ4v) is 3.76. The summed E-state index contributed by atoms with van der Waals surface area (Å²) in [5.41, 5.74) is 1.29. The second kappa shape index (κ2) is 8.91. The third-order valence-electron chi connectivity index (χ3n) is 4.32. The minimum atomic E-state index is -1.26. The monoisotopic (exact) mass is 427 g/mol. The Labute approximate surface area is 177 Å². The number of carboxylic acid groups (broad SMARTS) is 1. The minimum absolute atomic E-state index is 0.0606. The molecule has 0 radical (unpaired) electrons. The molecule has 1 heterocycles. The van der Waals surface area contributed by atoms with Gasteiger partial charge in [0.05, 0.1) is 37.9 Å². The molecule has 1 amide bonds. The summed E-state index contributed by atoms with van der Waals surface area (Å²) in [6.07, 6.45) is 1.72. The first-order chi connectivity index (χ1) is 14.4. The number of carbonyl (C=O) groups is 2. The van der Waals surface area contributed by atoms with Crippen molar-refractivity contribution in [2.75, 3.05) is 28.4 Å². The predicted molar refractivity (Wildman–Crippen MR) is 112 cm³/mol. The number of hydrogen-bond donors (Lipinski definition) is 0. The second-order valence-corrected chi connectivity index (χ2v) is 7.17. The van der Waals surface area contributed by atoms with Gasteiger partial charge in [-0.2, -0.15) is 0 Å². The van der Waals surface area contributed by atoms with Crippen LogP contribution in [0.5, 0.6) is 17.2 Å². The number of ether oxygens (including phenoxy) is 3. The van der Waals surface area contributed by atoms with E-state index in [0.29, 0.717) is 38.6 Å². The Bertz CT molecular complexity index is 1020. The predicted octanol–water partition coefficient (Wildman–Crippen LogP) is 2.31. The molecule has 0 unspecified atom stereocenters. The number of carboxylic acids is 1. The van der Waals surface area contributed by atoms with Crippen molar-refractivity contribution in [3.05, 3.63) is 52.4 Å². The SMILES string of the molecule is COc1cc(/C=C2\SC(=Nc3ccc(C(=O)[O-])cc3)N(C)C2=O)cc(OC)c1OC. The molecular weight excluding hydrogens is 408 g/mol. The third kappa shape index (κ3) is 4.25. The molecule has 9 heteroatoms. The molecule has 0 bridgehead atoms. The number of amidine groups is 1. The zero-order chi connectivity index (χ0) is 21.8. The van der Waals surface area contributed by atoms with E-state index >= 15 is 0 Å². The summed E-state index contributed by atoms with van der Waals surface area (Å²) in [7, 11) is 6.19. The Hall–Kier alpha value is -3.46. The standard InChI is InChI=1S/C21H20N2O6S/c1-23-19(24)17(11-12-9-15(27-2)18(29-4)16(10-12)28-3)30-21(23)22-14-7-5-13(6-8-14)20(25)26/h5-11H,1-4H3,(H,25,26)/p-1/b17-11-,22-21?. The van der Waals surface area contributed by atoms with E-state index in [-0.39, 0.29) is 11.5 Å². The van der Waals surface area contributed by atoms with E-state index in [9.17, 15) is 14.7 Å². The molecule has 0 atom stereocenters. The number of aliphatic imine (C=N–C) groups is 1. The van der Waals surface area contributed by atoms with Gasteiger partial charge in [0.15, 0.2) is 16.7 Å². The largest absolute Gasteiger partial charge is 0.545 e. The van der Waals surface area contributed by atoms with Gasteiger partial charge in [-0.05, 0) is 53.2 Å². The lowest BCUT2D eigenvalue weighted by molar-refractivity contribution is -0.255. The third-order valence-corrected chi connectivity index (χ3v) is 5.38. The van der Waals surface area contributed by atoms with Gasteiger partial charge < -0.3 is 24.1 Å². The molecule has 2 aromatic carbocycles. The van der Waals surface area contributed by atoms with Crippen LogP contribution in [0.1, 0.15) is 15.9 Å². The molecule has 1 aliphatic heterocycles. The molecule has 1 saturated heterocycles. The lowest BCUT2D eigenvalue weighted by atomic mass is 10.1. The van der Waals surface area contributed by atoms with E-state index < -0.39 is 5.97 Å². The van der Waals surface area contributed by atoms with E-state index in [0.717, 1.165) is 0 Å². The number of benzene rings is 2. The zero-order valence-corrected chi connectivity index (χ0v) is 17.6. The maximum atomic E-state index is 12.7. The highest BCUT2D eigenvalue weighted by molar-refractivity contribution is 8.18. The van der Waals surface area contributed by atoms with Gasteiger partial charge in [-0.25, -0.2) is 4.99 Å². The zero-order valence-electron chi connectivity index (χ0n) is 16.8. The molecule has 30 heavy (non-hydrogen) atoms. The van der Waals surface area contributed by atoms with Crippen LogP contribution in [0, 0.1) is 0 Å². The quantitative estimate of drug-likeness (QED) is 0.652. The van der Waals surface area contributed by atoms with E-state index in [4.69, 9.17) is 14.2 Å².